The molecule has 2 aliphatic rings. The van der Waals surface area contributed by atoms with Gasteiger partial charge in [0.15, 0.2) is 11.5 Å². The van der Waals surface area contributed by atoms with Crippen molar-refractivity contribution in [3.63, 3.8) is 0 Å². The normalized spacial score (nSPS) is 17.4. The number of benzene rings is 2. The fourth-order valence-electron chi connectivity index (χ4n) is 4.39. The molecule has 1 heterocycles. The summed E-state index contributed by atoms with van der Waals surface area (Å²) >= 11 is 0. The fraction of sp³-hybridized carbons (Fsp3) is 0.458. The van der Waals surface area contributed by atoms with Crippen molar-refractivity contribution in [1.29, 1.82) is 0 Å². The van der Waals surface area contributed by atoms with E-state index in [1.54, 1.807) is 20.3 Å². The van der Waals surface area contributed by atoms with Gasteiger partial charge in [0.2, 0.25) is 5.91 Å². The molecule has 2 aromatic carbocycles. The molecule has 4 rings (SSSR count). The zero-order chi connectivity index (χ0) is 22.9. The van der Waals surface area contributed by atoms with Gasteiger partial charge in [0, 0.05) is 26.2 Å². The Bertz CT molecular complexity index is 1000. The average molecular weight is 448 g/mol. The number of halogens is 3. The van der Waals surface area contributed by atoms with Gasteiger partial charge in [-0.15, -0.1) is 0 Å². The van der Waals surface area contributed by atoms with Crippen LogP contribution >= 0.6 is 0 Å². The van der Waals surface area contributed by atoms with Gasteiger partial charge in [0.25, 0.3) is 0 Å². The van der Waals surface area contributed by atoms with E-state index in [-0.39, 0.29) is 5.91 Å². The topological polar surface area (TPSA) is 50.8 Å². The summed E-state index contributed by atoms with van der Waals surface area (Å²) < 4.78 is 49.9. The molecule has 8 heteroatoms. The molecule has 0 radical (unpaired) electrons. The molecule has 0 unspecified atom stereocenters. The first-order valence-corrected chi connectivity index (χ1v) is 10.7. The minimum absolute atomic E-state index is 0.194. The molecule has 0 aromatic heterocycles. The molecule has 0 saturated heterocycles. The number of alkyl halides is 3. The summed E-state index contributed by atoms with van der Waals surface area (Å²) in [6.45, 7) is 2.71. The molecule has 1 aliphatic carbocycles. The summed E-state index contributed by atoms with van der Waals surface area (Å²) in [5, 5.41) is 2.95. The van der Waals surface area contributed by atoms with E-state index in [1.165, 1.54) is 17.2 Å². The molecular formula is C24H27F3N2O3. The van der Waals surface area contributed by atoms with Crippen LogP contribution in [0.4, 0.5) is 13.2 Å². The molecule has 0 bridgehead atoms. The van der Waals surface area contributed by atoms with Gasteiger partial charge in [-0.1, -0.05) is 18.2 Å². The van der Waals surface area contributed by atoms with E-state index in [1.807, 2.05) is 12.1 Å². The third-order valence-corrected chi connectivity index (χ3v) is 6.44. The lowest BCUT2D eigenvalue weighted by atomic mass is 9.93. The number of carbonyl (C=O) groups is 1. The summed E-state index contributed by atoms with van der Waals surface area (Å²) in [4.78, 5) is 15.1. The van der Waals surface area contributed by atoms with Crippen molar-refractivity contribution < 1.29 is 27.4 Å². The van der Waals surface area contributed by atoms with E-state index in [0.29, 0.717) is 37.2 Å². The summed E-state index contributed by atoms with van der Waals surface area (Å²) in [6, 6.07) is 9.14. The minimum Gasteiger partial charge on any atom is -0.493 e. The van der Waals surface area contributed by atoms with Crippen molar-refractivity contribution in [2.24, 2.45) is 0 Å². The van der Waals surface area contributed by atoms with Crippen molar-refractivity contribution in [1.82, 2.24) is 10.2 Å². The predicted molar refractivity (Wildman–Crippen MR) is 114 cm³/mol. The number of carbonyl (C=O) groups excluding carboxylic acids is 1. The van der Waals surface area contributed by atoms with Crippen molar-refractivity contribution >= 4 is 5.91 Å². The number of amides is 1. The number of rotatable bonds is 7. The van der Waals surface area contributed by atoms with E-state index in [2.05, 4.69) is 10.2 Å². The number of nitrogens with one attached hydrogen (secondary N) is 1. The first-order valence-electron chi connectivity index (χ1n) is 10.7. The fourth-order valence-corrected chi connectivity index (χ4v) is 4.39. The highest BCUT2D eigenvalue weighted by molar-refractivity contribution is 5.91. The quantitative estimate of drug-likeness (QED) is 0.698. The number of nitrogens with zero attached hydrogens (tertiary/aromatic N) is 1. The standard InChI is InChI=1S/C24H27F3N2O3/c1-31-20-12-16-6-10-29(15-17(16)13-21(20)32-2)11-9-28-22(30)23(7-8-23)18-4-3-5-19(14-18)24(25,26)27/h3-5,12-14H,6-11,15H2,1-2H3,(H,28,30). The minimum atomic E-state index is -4.42. The Morgan fingerprint density at radius 1 is 1.09 bits per heavy atom. The predicted octanol–water partition coefficient (Wildman–Crippen LogP) is 3.93. The van der Waals surface area contributed by atoms with Gasteiger partial charge in [0.1, 0.15) is 0 Å². The van der Waals surface area contributed by atoms with Gasteiger partial charge in [-0.25, -0.2) is 0 Å². The number of ether oxygens (including phenoxy) is 2. The summed E-state index contributed by atoms with van der Waals surface area (Å²) in [7, 11) is 3.23. The molecule has 1 saturated carbocycles. The van der Waals surface area contributed by atoms with Crippen LogP contribution in [0.15, 0.2) is 36.4 Å². The number of hydrogen-bond acceptors (Lipinski definition) is 4. The molecule has 0 spiro atoms. The van der Waals surface area contributed by atoms with Crippen molar-refractivity contribution in [2.45, 2.75) is 37.4 Å². The highest BCUT2D eigenvalue weighted by Gasteiger charge is 2.51. The molecule has 1 N–H and O–H groups in total. The van der Waals surface area contributed by atoms with Crippen LogP contribution in [-0.2, 0) is 29.4 Å². The first kappa shape index (κ1) is 22.5. The zero-order valence-electron chi connectivity index (χ0n) is 18.2. The second-order valence-electron chi connectivity index (χ2n) is 8.42. The number of hydrogen-bond donors (Lipinski definition) is 1. The van der Waals surface area contributed by atoms with Crippen LogP contribution in [0.3, 0.4) is 0 Å². The van der Waals surface area contributed by atoms with Crippen LogP contribution in [0.2, 0.25) is 0 Å². The number of fused-ring (bicyclic) bond motifs is 1. The molecule has 172 valence electrons. The van der Waals surface area contributed by atoms with Crippen LogP contribution in [0.25, 0.3) is 0 Å². The van der Waals surface area contributed by atoms with Crippen molar-refractivity contribution in [3.05, 3.63) is 58.7 Å². The molecule has 32 heavy (non-hydrogen) atoms. The maximum Gasteiger partial charge on any atom is 0.416 e. The van der Waals surface area contributed by atoms with Gasteiger partial charge in [-0.2, -0.15) is 13.2 Å². The summed E-state index contributed by atoms with van der Waals surface area (Å²) in [6.07, 6.45) is -2.41. The Hall–Kier alpha value is -2.74. The lowest BCUT2D eigenvalue weighted by Crippen LogP contribution is -2.41. The lowest BCUT2D eigenvalue weighted by Gasteiger charge is -2.29. The van der Waals surface area contributed by atoms with Crippen LogP contribution in [-0.4, -0.2) is 44.7 Å². The zero-order valence-corrected chi connectivity index (χ0v) is 18.2. The van der Waals surface area contributed by atoms with E-state index in [0.717, 1.165) is 37.4 Å². The third-order valence-electron chi connectivity index (χ3n) is 6.44. The SMILES string of the molecule is COc1cc2c(cc1OC)CN(CCNC(=O)C1(c3cccc(C(F)(F)F)c3)CC1)CC2. The summed E-state index contributed by atoms with van der Waals surface area (Å²) in [5.74, 6) is 1.22. The van der Waals surface area contributed by atoms with Crippen molar-refractivity contribution in [2.75, 3.05) is 33.9 Å². The van der Waals surface area contributed by atoms with Gasteiger partial charge < -0.3 is 14.8 Å². The molecule has 1 amide bonds. The van der Waals surface area contributed by atoms with Gasteiger partial charge in [-0.05, 0) is 54.2 Å². The molecule has 0 atom stereocenters. The largest absolute Gasteiger partial charge is 0.493 e. The first-order chi connectivity index (χ1) is 15.3. The third kappa shape index (κ3) is 4.41. The Balaban J connectivity index is 1.35. The van der Waals surface area contributed by atoms with Gasteiger partial charge >= 0.3 is 6.18 Å². The lowest BCUT2D eigenvalue weighted by molar-refractivity contribution is -0.137. The average Bonchev–Trinajstić information content (AvgIpc) is 3.59. The Labute approximate surface area is 185 Å². The molecule has 2 aromatic rings. The molecule has 5 nitrogen and oxygen atoms in total. The van der Waals surface area contributed by atoms with Crippen LogP contribution < -0.4 is 14.8 Å². The Kier molecular flexibility index (Phi) is 6.07. The Morgan fingerprint density at radius 3 is 2.41 bits per heavy atom. The van der Waals surface area contributed by atoms with E-state index in [4.69, 9.17) is 9.47 Å². The number of methoxy groups -OCH3 is 2. The smallest absolute Gasteiger partial charge is 0.416 e. The van der Waals surface area contributed by atoms with Crippen LogP contribution in [0.5, 0.6) is 11.5 Å². The maximum absolute atomic E-state index is 13.1. The Morgan fingerprint density at radius 2 is 1.78 bits per heavy atom. The molecule has 1 aliphatic heterocycles. The van der Waals surface area contributed by atoms with E-state index >= 15 is 0 Å². The van der Waals surface area contributed by atoms with Crippen molar-refractivity contribution in [3.8, 4) is 11.5 Å². The van der Waals surface area contributed by atoms with E-state index in [9.17, 15) is 18.0 Å². The highest BCUT2D eigenvalue weighted by atomic mass is 19.4. The van der Waals surface area contributed by atoms with Crippen LogP contribution in [0, 0.1) is 0 Å². The van der Waals surface area contributed by atoms with Gasteiger partial charge in [0.05, 0.1) is 25.2 Å². The van der Waals surface area contributed by atoms with Crippen LogP contribution in [0.1, 0.15) is 35.1 Å². The second kappa shape index (κ2) is 8.65. The monoisotopic (exact) mass is 448 g/mol. The highest BCUT2D eigenvalue weighted by Crippen LogP contribution is 2.49. The second-order valence-corrected chi connectivity index (χ2v) is 8.42. The summed E-state index contributed by atoms with van der Waals surface area (Å²) in [5.41, 5.74) is 1.29. The van der Waals surface area contributed by atoms with Gasteiger partial charge in [-0.3, -0.25) is 9.69 Å². The molecule has 1 fully saturated rings. The maximum atomic E-state index is 13.1. The molecular weight excluding hydrogens is 421 g/mol. The van der Waals surface area contributed by atoms with E-state index < -0.39 is 17.2 Å².